The molecule has 0 saturated carbocycles. The number of hydrogen-bond acceptors (Lipinski definition) is 18. The van der Waals surface area contributed by atoms with E-state index in [0.717, 1.165) is 105 Å². The number of nitrogens with one attached hydrogen (secondary N) is 4. The summed E-state index contributed by atoms with van der Waals surface area (Å²) in [5.41, 5.74) is 19.8. The van der Waals surface area contributed by atoms with Crippen molar-refractivity contribution < 1.29 is 77.0 Å². The number of carbonyl (C=O) groups excluding carboxylic acids is 6. The summed E-state index contributed by atoms with van der Waals surface area (Å²) in [6, 6.07) is 15.2. The summed E-state index contributed by atoms with van der Waals surface area (Å²) >= 11 is 0. The lowest BCUT2D eigenvalue weighted by atomic mass is 9.64. The Bertz CT molecular complexity index is 5410. The van der Waals surface area contributed by atoms with E-state index in [-0.39, 0.29) is 61.6 Å². The first-order chi connectivity index (χ1) is 50.5. The molecule has 0 aromatic carbocycles. The molecule has 4 atom stereocenters. The Morgan fingerprint density at radius 3 is 1.13 bits per heavy atom. The Morgan fingerprint density at radius 2 is 0.764 bits per heavy atom. The molecule has 0 spiro atoms. The second-order valence-corrected chi connectivity index (χ2v) is 27.0. The van der Waals surface area contributed by atoms with Gasteiger partial charge in [-0.1, -0.05) is 49.6 Å². The third kappa shape index (κ3) is 13.4. The van der Waals surface area contributed by atoms with E-state index in [4.69, 9.17) is 48.4 Å². The molecule has 6 N–H and O–H groups in total. The summed E-state index contributed by atoms with van der Waals surface area (Å²) < 4.78 is 30.7. The quantitative estimate of drug-likeness (QED) is 0.0344. The molecule has 6 aliphatic rings. The highest BCUT2D eigenvalue weighted by molar-refractivity contribution is 6.04. The number of ether oxygens (including phenoxy) is 6. The third-order valence-corrected chi connectivity index (χ3v) is 21.4. The molecule has 6 aromatic heterocycles. The standard InChI is InChI=1S/2C41H42N4O8/c1-9-23-20(2)29-17-34-27-13-10-26(39(49)52-7)38(40(50)53-8)41(27,5)35(45-34)19-30-22(4)24(11-14-36(46)47)32(44-30)18-33-25(12-15-37(48)51-6)21(3)28(43-33)16-31(23)42-29;1-9-23-20(2)29-17-34-27-13-10-26(39(49)52-7)38(40(50)53-8)41(27,5)35(45-34)19-30-22(4)25(12-15-37(48)51-6)33(44-30)18-32-24(11-14-36(46)47)21(3)28(43-32)16-31(23)42-29/h2*9-10,13,16-19,38,42-43H,1,11-12,14-15H2,2-8H3,(H,46,47)/t2*38-,41+/m00/s1. The van der Waals surface area contributed by atoms with Crippen molar-refractivity contribution in [2.24, 2.45) is 11.8 Å². The zero-order valence-corrected chi connectivity index (χ0v) is 61.7. The molecule has 0 radical (unpaired) electrons. The normalized spacial score (nSPS) is 17.8. The lowest BCUT2D eigenvalue weighted by Gasteiger charge is -2.36. The number of aliphatic carboxylic acids is 2. The highest BCUT2D eigenvalue weighted by Crippen LogP contribution is 2.55. The maximum Gasteiger partial charge on any atom is 0.334 e. The Morgan fingerprint density at radius 1 is 0.415 bits per heavy atom. The predicted octanol–water partition coefficient (Wildman–Crippen LogP) is 13.4. The Labute approximate surface area is 610 Å². The minimum atomic E-state index is -1.19. The summed E-state index contributed by atoms with van der Waals surface area (Å²) in [6.45, 7) is 23.6. The van der Waals surface area contributed by atoms with Crippen molar-refractivity contribution in [2.75, 3.05) is 42.7 Å². The number of carboxylic acid groups (broad SMARTS) is 2. The number of hydrogen-bond donors (Lipinski definition) is 6. The largest absolute Gasteiger partial charge is 0.481 e. The molecule has 24 heteroatoms. The maximum absolute atomic E-state index is 13.7. The number of carboxylic acids is 2. The molecule has 0 saturated heterocycles. The highest BCUT2D eigenvalue weighted by Gasteiger charge is 2.55. The number of aryl methyl sites for hydroxylation is 6. The van der Waals surface area contributed by atoms with Crippen LogP contribution in [0.1, 0.15) is 156 Å². The van der Waals surface area contributed by atoms with Gasteiger partial charge in [-0.3, -0.25) is 38.7 Å². The number of allylic oxidation sites excluding steroid dienone is 10. The molecule has 0 amide bonds. The average molecular weight is 1440 g/mol. The molecule has 106 heavy (non-hydrogen) atoms. The summed E-state index contributed by atoms with van der Waals surface area (Å²) in [5.74, 6) is -7.38. The Kier molecular flexibility index (Phi) is 21.2. The van der Waals surface area contributed by atoms with Crippen LogP contribution in [0, 0.1) is 39.5 Å². The van der Waals surface area contributed by atoms with Gasteiger partial charge in [0.05, 0.1) is 110 Å². The summed E-state index contributed by atoms with van der Waals surface area (Å²) in [4.78, 5) is 136. The molecule has 0 fully saturated rings. The van der Waals surface area contributed by atoms with Crippen LogP contribution in [-0.4, -0.2) is 140 Å². The molecular formula is C82H84N8O16. The lowest BCUT2D eigenvalue weighted by Crippen LogP contribution is -2.42. The summed E-state index contributed by atoms with van der Waals surface area (Å²) in [6.07, 6.45) is 11.6. The van der Waals surface area contributed by atoms with Crippen molar-refractivity contribution in [1.82, 2.24) is 39.9 Å². The van der Waals surface area contributed by atoms with Gasteiger partial charge in [0.2, 0.25) is 0 Å². The molecule has 548 valence electrons. The van der Waals surface area contributed by atoms with Gasteiger partial charge in [-0.25, -0.2) is 19.6 Å². The summed E-state index contributed by atoms with van der Waals surface area (Å²) in [5, 5.41) is 19.3. The topological polar surface area (TPSA) is 347 Å². The zero-order valence-electron chi connectivity index (χ0n) is 61.7. The molecule has 6 aromatic rings. The first-order valence-corrected chi connectivity index (χ1v) is 34.4. The zero-order chi connectivity index (χ0) is 76.7. The first kappa shape index (κ1) is 75.1. The van der Waals surface area contributed by atoms with E-state index >= 15 is 0 Å². The van der Waals surface area contributed by atoms with E-state index < -0.39 is 58.5 Å². The van der Waals surface area contributed by atoms with Gasteiger partial charge >= 0.3 is 47.8 Å². The fraction of sp³-hybridized carbons (Fsp3) is 0.317. The second-order valence-electron chi connectivity index (χ2n) is 27.0. The van der Waals surface area contributed by atoms with E-state index in [2.05, 4.69) is 33.1 Å². The molecule has 4 aliphatic heterocycles. The summed E-state index contributed by atoms with van der Waals surface area (Å²) in [7, 11) is 7.77. The molecule has 2 aliphatic carbocycles. The van der Waals surface area contributed by atoms with Crippen LogP contribution in [-0.2, 0) is 90.4 Å². The number of rotatable bonds is 18. The molecule has 12 rings (SSSR count). The van der Waals surface area contributed by atoms with Gasteiger partial charge < -0.3 is 58.6 Å². The molecule has 16 bridgehead atoms. The number of esters is 6. The SMILES string of the molecule is C=Cc1c(C)c2cc3nc(cc4nc(cc5[nH]c(cc1[nH]2)c(C)c5CCC(=O)O)C(CCC(=O)OC)=C4C)[C@@]1(C)C3=CC=C(C(=O)OC)[C@H]1C(=O)OC.C=Cc1c(C)c2cc3nc(cc4nc(cc5[nH]c(cc1[nH]2)c(C)c5CCC(=O)OC)C(CCC(=O)O)=C4C)[C@@]1(C)C3=CC=C(C(=O)OC)[C@H]1C(=O)OC. The maximum atomic E-state index is 13.7. The van der Waals surface area contributed by atoms with Crippen molar-refractivity contribution in [3.05, 3.63) is 187 Å². The van der Waals surface area contributed by atoms with Crippen LogP contribution < -0.4 is 0 Å². The van der Waals surface area contributed by atoms with Crippen LogP contribution in [0.4, 0.5) is 0 Å². The van der Waals surface area contributed by atoms with Crippen molar-refractivity contribution in [3.63, 3.8) is 0 Å². The Hall–Kier alpha value is -12.1. The molecule has 10 heterocycles. The van der Waals surface area contributed by atoms with E-state index in [1.54, 1.807) is 42.5 Å². The monoisotopic (exact) mass is 1440 g/mol. The fourth-order valence-electron chi connectivity index (χ4n) is 15.4. The first-order valence-electron chi connectivity index (χ1n) is 34.4. The highest BCUT2D eigenvalue weighted by atomic mass is 16.5. The van der Waals surface area contributed by atoms with Crippen molar-refractivity contribution in [1.29, 1.82) is 0 Å². The minimum Gasteiger partial charge on any atom is -0.481 e. The van der Waals surface area contributed by atoms with E-state index in [1.165, 1.54) is 42.7 Å². The van der Waals surface area contributed by atoms with Crippen LogP contribution >= 0.6 is 0 Å². The van der Waals surface area contributed by atoms with Crippen molar-refractivity contribution in [2.45, 2.75) is 118 Å². The van der Waals surface area contributed by atoms with Crippen LogP contribution in [0.3, 0.4) is 0 Å². The van der Waals surface area contributed by atoms with Crippen LogP contribution in [0.25, 0.3) is 89.7 Å². The molecular weight excluding hydrogens is 1350 g/mol. The van der Waals surface area contributed by atoms with Crippen LogP contribution in [0.2, 0.25) is 0 Å². The number of aromatic nitrogens is 8. The van der Waals surface area contributed by atoms with Crippen molar-refractivity contribution >= 4 is 137 Å². The molecule has 24 nitrogen and oxygen atoms in total. The smallest absolute Gasteiger partial charge is 0.334 e. The number of methoxy groups -OCH3 is 6. The molecule has 0 unspecified atom stereocenters. The van der Waals surface area contributed by atoms with Gasteiger partial charge in [0.25, 0.3) is 0 Å². The third-order valence-electron chi connectivity index (χ3n) is 21.4. The van der Waals surface area contributed by atoms with Gasteiger partial charge in [0.1, 0.15) is 11.8 Å². The van der Waals surface area contributed by atoms with Gasteiger partial charge in [0.15, 0.2) is 0 Å². The number of carbonyl (C=O) groups is 8. The number of aromatic amines is 4. The van der Waals surface area contributed by atoms with Crippen LogP contribution in [0.5, 0.6) is 0 Å². The van der Waals surface area contributed by atoms with Gasteiger partial charge in [-0.15, -0.1) is 0 Å². The van der Waals surface area contributed by atoms with Gasteiger partial charge in [-0.2, -0.15) is 0 Å². The number of fused-ring (bicyclic) bond motifs is 22. The minimum absolute atomic E-state index is 0.0739. The van der Waals surface area contributed by atoms with Crippen LogP contribution in [0.15, 0.2) is 97.1 Å². The van der Waals surface area contributed by atoms with Crippen molar-refractivity contribution in [3.8, 4) is 0 Å². The predicted molar refractivity (Wildman–Crippen MR) is 402 cm³/mol. The van der Waals surface area contributed by atoms with E-state index in [9.17, 15) is 48.6 Å². The fourth-order valence-corrected chi connectivity index (χ4v) is 15.4. The lowest BCUT2D eigenvalue weighted by molar-refractivity contribution is -0.149. The average Bonchev–Trinajstić information content (AvgIpc) is 1.53. The number of H-pyrrole nitrogens is 4. The van der Waals surface area contributed by atoms with Gasteiger partial charge in [-0.05, 0) is 196 Å². The second kappa shape index (κ2) is 29.9. The van der Waals surface area contributed by atoms with Gasteiger partial charge in [0, 0.05) is 80.9 Å². The number of nitrogens with zero attached hydrogens (tertiary/aromatic N) is 4. The van der Waals surface area contributed by atoms with E-state index in [1.807, 2.05) is 97.9 Å². The van der Waals surface area contributed by atoms with E-state index in [0.29, 0.717) is 75.1 Å². The Balaban J connectivity index is 0.000000212.